The van der Waals surface area contributed by atoms with E-state index in [1.165, 1.54) is 24.0 Å². The summed E-state index contributed by atoms with van der Waals surface area (Å²) in [5, 5.41) is 8.75. The van der Waals surface area contributed by atoms with Crippen molar-refractivity contribution in [3.05, 3.63) is 41.2 Å². The molecule has 0 aliphatic carbocycles. The van der Waals surface area contributed by atoms with Gasteiger partial charge >= 0.3 is 0 Å². The van der Waals surface area contributed by atoms with Gasteiger partial charge in [0.2, 0.25) is 5.95 Å². The fourth-order valence-corrected chi connectivity index (χ4v) is 3.24. The van der Waals surface area contributed by atoms with E-state index >= 15 is 0 Å². The van der Waals surface area contributed by atoms with Crippen molar-refractivity contribution < 1.29 is 4.74 Å². The van der Waals surface area contributed by atoms with Crippen molar-refractivity contribution in [1.82, 2.24) is 14.8 Å². The van der Waals surface area contributed by atoms with Gasteiger partial charge in [0.05, 0.1) is 6.04 Å². The first kappa shape index (κ1) is 15.0. The minimum Gasteiger partial charge on any atom is -0.377 e. The Morgan fingerprint density at radius 3 is 2.68 bits per heavy atom. The van der Waals surface area contributed by atoms with Crippen LogP contribution in [0.2, 0.25) is 0 Å². The van der Waals surface area contributed by atoms with E-state index in [2.05, 4.69) is 57.8 Å². The molecule has 5 heteroatoms. The standard InChI is InChI=1S/C17H24N4O/c1-4-20-16(12-22-3)18-19-17(20)21-11-5-6-15(21)14-9-7-13(2)8-10-14/h7-10,15H,4-6,11-12H2,1-3H3. The number of rotatable bonds is 5. The molecule has 0 radical (unpaired) electrons. The molecule has 22 heavy (non-hydrogen) atoms. The lowest BCUT2D eigenvalue weighted by Crippen LogP contribution is -2.26. The molecule has 0 N–H and O–H groups in total. The van der Waals surface area contributed by atoms with Crippen LogP contribution in [0.15, 0.2) is 24.3 Å². The fourth-order valence-electron chi connectivity index (χ4n) is 3.24. The third-order valence-electron chi connectivity index (χ3n) is 4.37. The highest BCUT2D eigenvalue weighted by atomic mass is 16.5. The predicted octanol–water partition coefficient (Wildman–Crippen LogP) is 3.09. The first-order valence-electron chi connectivity index (χ1n) is 7.98. The minimum absolute atomic E-state index is 0.394. The largest absolute Gasteiger partial charge is 0.377 e. The fraction of sp³-hybridized carbons (Fsp3) is 0.529. The van der Waals surface area contributed by atoms with Crippen LogP contribution in [0.5, 0.6) is 0 Å². The Kier molecular flexibility index (Phi) is 4.43. The van der Waals surface area contributed by atoms with E-state index in [4.69, 9.17) is 4.74 Å². The number of aromatic nitrogens is 3. The molecule has 0 saturated carbocycles. The lowest BCUT2D eigenvalue weighted by Gasteiger charge is -2.26. The first-order chi connectivity index (χ1) is 10.7. The molecular formula is C17H24N4O. The number of anilines is 1. The van der Waals surface area contributed by atoms with E-state index in [0.717, 1.165) is 24.9 Å². The molecule has 1 aliphatic rings. The molecule has 118 valence electrons. The van der Waals surface area contributed by atoms with Crippen molar-refractivity contribution in [3.8, 4) is 0 Å². The quantitative estimate of drug-likeness (QED) is 0.851. The van der Waals surface area contributed by atoms with Gasteiger partial charge in [-0.15, -0.1) is 10.2 Å². The van der Waals surface area contributed by atoms with E-state index in [1.54, 1.807) is 7.11 Å². The zero-order valence-electron chi connectivity index (χ0n) is 13.6. The van der Waals surface area contributed by atoms with Crippen LogP contribution in [0.25, 0.3) is 0 Å². The minimum atomic E-state index is 0.394. The van der Waals surface area contributed by atoms with E-state index < -0.39 is 0 Å². The van der Waals surface area contributed by atoms with Crippen molar-refractivity contribution in [2.75, 3.05) is 18.6 Å². The van der Waals surface area contributed by atoms with Gasteiger partial charge in [-0.3, -0.25) is 4.57 Å². The second-order valence-electron chi connectivity index (χ2n) is 5.86. The smallest absolute Gasteiger partial charge is 0.227 e. The molecule has 1 aliphatic heterocycles. The van der Waals surface area contributed by atoms with E-state index in [0.29, 0.717) is 12.6 Å². The Bertz CT molecular complexity index is 620. The average Bonchev–Trinajstić information content (AvgIpc) is 3.14. The Morgan fingerprint density at radius 1 is 1.23 bits per heavy atom. The van der Waals surface area contributed by atoms with Crippen LogP contribution in [-0.4, -0.2) is 28.4 Å². The molecule has 5 nitrogen and oxygen atoms in total. The number of hydrogen-bond acceptors (Lipinski definition) is 4. The maximum atomic E-state index is 5.23. The third kappa shape index (κ3) is 2.73. The summed E-state index contributed by atoms with van der Waals surface area (Å²) in [5.74, 6) is 1.87. The molecule has 0 spiro atoms. The van der Waals surface area contributed by atoms with Gasteiger partial charge in [0.15, 0.2) is 5.82 Å². The summed E-state index contributed by atoms with van der Waals surface area (Å²) >= 11 is 0. The summed E-state index contributed by atoms with van der Waals surface area (Å²) in [6.45, 7) is 6.65. The first-order valence-corrected chi connectivity index (χ1v) is 7.98. The summed E-state index contributed by atoms with van der Waals surface area (Å²) in [4.78, 5) is 2.39. The maximum absolute atomic E-state index is 5.23. The molecule has 1 aromatic heterocycles. The molecule has 0 amide bonds. The monoisotopic (exact) mass is 300 g/mol. The van der Waals surface area contributed by atoms with Crippen LogP contribution >= 0.6 is 0 Å². The van der Waals surface area contributed by atoms with Crippen molar-refractivity contribution in [2.24, 2.45) is 0 Å². The van der Waals surface area contributed by atoms with Crippen LogP contribution in [0.3, 0.4) is 0 Å². The highest BCUT2D eigenvalue weighted by molar-refractivity contribution is 5.40. The predicted molar refractivity (Wildman–Crippen MR) is 86.9 cm³/mol. The van der Waals surface area contributed by atoms with E-state index in [1.807, 2.05) is 0 Å². The van der Waals surface area contributed by atoms with Gasteiger partial charge < -0.3 is 9.64 Å². The second kappa shape index (κ2) is 6.48. The number of benzene rings is 1. The van der Waals surface area contributed by atoms with Crippen molar-refractivity contribution in [1.29, 1.82) is 0 Å². The van der Waals surface area contributed by atoms with Crippen LogP contribution in [-0.2, 0) is 17.9 Å². The number of nitrogens with zero attached hydrogens (tertiary/aromatic N) is 4. The maximum Gasteiger partial charge on any atom is 0.227 e. The van der Waals surface area contributed by atoms with Gasteiger partial charge in [-0.25, -0.2) is 0 Å². The van der Waals surface area contributed by atoms with Crippen LogP contribution < -0.4 is 4.90 Å². The molecule has 1 atom stereocenters. The second-order valence-corrected chi connectivity index (χ2v) is 5.86. The molecule has 1 aromatic carbocycles. The molecule has 1 unspecified atom stereocenters. The Morgan fingerprint density at radius 2 is 2.00 bits per heavy atom. The third-order valence-corrected chi connectivity index (χ3v) is 4.37. The zero-order valence-corrected chi connectivity index (χ0v) is 13.6. The molecule has 1 fully saturated rings. The van der Waals surface area contributed by atoms with Gasteiger partial charge in [0.25, 0.3) is 0 Å². The zero-order chi connectivity index (χ0) is 15.5. The topological polar surface area (TPSA) is 43.2 Å². The van der Waals surface area contributed by atoms with E-state index in [9.17, 15) is 0 Å². The van der Waals surface area contributed by atoms with Crippen molar-refractivity contribution >= 4 is 5.95 Å². The number of aryl methyl sites for hydroxylation is 1. The molecule has 3 rings (SSSR count). The number of ether oxygens (including phenoxy) is 1. The van der Waals surface area contributed by atoms with Gasteiger partial charge in [0, 0.05) is 20.2 Å². The van der Waals surface area contributed by atoms with Gasteiger partial charge in [0.1, 0.15) is 6.61 Å². The highest BCUT2D eigenvalue weighted by Crippen LogP contribution is 2.35. The summed E-state index contributed by atoms with van der Waals surface area (Å²) in [5.41, 5.74) is 2.66. The van der Waals surface area contributed by atoms with Crippen LogP contribution in [0.4, 0.5) is 5.95 Å². The molecule has 2 heterocycles. The van der Waals surface area contributed by atoms with Crippen LogP contribution in [0, 0.1) is 6.92 Å². The summed E-state index contributed by atoms with van der Waals surface area (Å²) in [7, 11) is 1.69. The summed E-state index contributed by atoms with van der Waals surface area (Å²) in [6, 6.07) is 9.24. The number of methoxy groups -OCH3 is 1. The SMILES string of the molecule is CCn1c(COC)nnc1N1CCCC1c1ccc(C)cc1. The highest BCUT2D eigenvalue weighted by Gasteiger charge is 2.30. The van der Waals surface area contributed by atoms with Crippen molar-refractivity contribution in [2.45, 2.75) is 45.9 Å². The van der Waals surface area contributed by atoms with Crippen molar-refractivity contribution in [3.63, 3.8) is 0 Å². The number of hydrogen-bond donors (Lipinski definition) is 0. The average molecular weight is 300 g/mol. The van der Waals surface area contributed by atoms with E-state index in [-0.39, 0.29) is 0 Å². The lowest BCUT2D eigenvalue weighted by molar-refractivity contribution is 0.174. The Labute approximate surface area is 131 Å². The normalized spacial score (nSPS) is 18.1. The van der Waals surface area contributed by atoms with Gasteiger partial charge in [-0.2, -0.15) is 0 Å². The molecule has 0 bridgehead atoms. The molecule has 2 aromatic rings. The van der Waals surface area contributed by atoms with Gasteiger partial charge in [-0.05, 0) is 32.3 Å². The van der Waals surface area contributed by atoms with Gasteiger partial charge in [-0.1, -0.05) is 29.8 Å². The summed E-state index contributed by atoms with van der Waals surface area (Å²) in [6.07, 6.45) is 2.36. The Hall–Kier alpha value is -1.88. The van der Waals surface area contributed by atoms with Crippen LogP contribution in [0.1, 0.15) is 42.8 Å². The summed E-state index contributed by atoms with van der Waals surface area (Å²) < 4.78 is 7.39. The Balaban J connectivity index is 1.91. The molecule has 1 saturated heterocycles. The molecular weight excluding hydrogens is 276 g/mol. The lowest BCUT2D eigenvalue weighted by atomic mass is 10.0.